The molecule has 0 saturated carbocycles. The minimum Gasteiger partial charge on any atom is -0.0263 e. The van der Waals surface area contributed by atoms with Crippen LogP contribution in [-0.2, 0) is 0 Å². The normalized spacial score (nSPS) is 13.6. The molecule has 0 nitrogen and oxygen atoms in total. The Bertz CT molecular complexity index is 489. The van der Waals surface area contributed by atoms with Crippen molar-refractivity contribution in [1.29, 1.82) is 0 Å². The van der Waals surface area contributed by atoms with Gasteiger partial charge in [0.1, 0.15) is 0 Å². The van der Waals surface area contributed by atoms with Gasteiger partial charge in [-0.05, 0) is 100 Å². The first-order valence-electron chi connectivity index (χ1n) is 16.2. The molecule has 0 aromatic heterocycles. The smallest absolute Gasteiger partial charge is 0.0263 e. The van der Waals surface area contributed by atoms with E-state index >= 15 is 0 Å². The van der Waals surface area contributed by atoms with E-state index in [9.17, 15) is 0 Å². The van der Waals surface area contributed by atoms with Gasteiger partial charge >= 0.3 is 167 Å². The average Bonchev–Trinajstić information content (AvgIpc) is 2.43. The van der Waals surface area contributed by atoms with Gasteiger partial charge in [0, 0.05) is 0 Å². The Morgan fingerprint density at radius 2 is 0.400 bits per heavy atom. The number of hydrogen-bond acceptors (Lipinski definition) is 0. The van der Waals surface area contributed by atoms with Gasteiger partial charge in [0.15, 0.2) is 0 Å². The van der Waals surface area contributed by atoms with Crippen LogP contribution in [-0.4, -0.2) is 66.4 Å². The minimum absolute atomic E-state index is 0.226. The fourth-order valence-corrected chi connectivity index (χ4v) is 20.4. The van der Waals surface area contributed by atoms with Crippen molar-refractivity contribution in [3.63, 3.8) is 0 Å². The minimum atomic E-state index is -0.226. The second-order valence-electron chi connectivity index (χ2n) is 21.4. The summed E-state index contributed by atoms with van der Waals surface area (Å²) in [5, 5.41) is 2.27. The zero-order valence-electron chi connectivity index (χ0n) is 33.1. The summed E-state index contributed by atoms with van der Waals surface area (Å²) in [6, 6.07) is 0. The molecule has 0 aliphatic heterocycles. The van der Waals surface area contributed by atoms with Crippen LogP contribution in [0.25, 0.3) is 0 Å². The molecule has 0 aromatic rings. The molecule has 4 heteroatoms. The predicted octanol–water partition coefficient (Wildman–Crippen LogP) is 13.2. The van der Waals surface area contributed by atoms with Crippen molar-refractivity contribution in [1.82, 2.24) is 0 Å². The van der Waals surface area contributed by atoms with E-state index in [1.807, 2.05) is 0 Å². The molecule has 0 spiro atoms. The van der Waals surface area contributed by atoms with E-state index in [-0.39, 0.29) is 45.8 Å². The van der Waals surface area contributed by atoms with Crippen molar-refractivity contribution in [2.75, 3.05) is 0 Å². The van der Waals surface area contributed by atoms with Crippen molar-refractivity contribution in [3.8, 4) is 0 Å². The standard InChI is InChI=1S/2C8H19P.4C5H11.2In/c2*1-7(2,3)9-8(4,5)6;4*1-5(2,3)4;;/h2*9H,1-6H3;4*1H2,2-4H3;;/p+2. The third-order valence-corrected chi connectivity index (χ3v) is 25.5. The summed E-state index contributed by atoms with van der Waals surface area (Å²) in [6.45, 7) is 56.3. The van der Waals surface area contributed by atoms with Crippen molar-refractivity contribution in [2.45, 2.75) is 204 Å². The topological polar surface area (TPSA) is 0 Å². The van der Waals surface area contributed by atoms with Gasteiger partial charge in [-0.15, -0.1) is 0 Å². The van der Waals surface area contributed by atoms with Gasteiger partial charge < -0.3 is 0 Å². The summed E-state index contributed by atoms with van der Waals surface area (Å²) in [4.78, 5) is 0. The molecule has 40 heavy (non-hydrogen) atoms. The Kier molecular flexibility index (Phi) is 24.7. The molecule has 0 fully saturated rings. The third kappa shape index (κ3) is 68.0. The molecule has 0 bridgehead atoms. The van der Waals surface area contributed by atoms with E-state index in [4.69, 9.17) is 0 Å². The zero-order chi connectivity index (χ0) is 33.7. The Balaban J connectivity index is -0.000000217. The average molecular weight is 809 g/mol. The van der Waals surface area contributed by atoms with Crippen LogP contribution in [0.3, 0.4) is 0 Å². The van der Waals surface area contributed by atoms with E-state index in [0.29, 0.717) is 59.4 Å². The Labute approximate surface area is 285 Å². The third-order valence-electron chi connectivity index (χ3n) is 4.76. The summed E-state index contributed by atoms with van der Waals surface area (Å²) in [6.07, 6.45) is 0. The quantitative estimate of drug-likeness (QED) is 0.248. The van der Waals surface area contributed by atoms with Gasteiger partial charge in [0.05, 0.1) is 20.6 Å². The van der Waals surface area contributed by atoms with E-state index in [2.05, 4.69) is 166 Å². The summed E-state index contributed by atoms with van der Waals surface area (Å²) >= 11 is -0.452. The number of rotatable bonds is 4. The molecule has 0 N–H and O–H groups in total. The van der Waals surface area contributed by atoms with Crippen molar-refractivity contribution >= 4 is 63.0 Å². The first-order valence-corrected chi connectivity index (χ1v) is 27.8. The molecular weight excluding hydrogens is 724 g/mol. The van der Waals surface area contributed by atoms with E-state index in [1.54, 1.807) is 16.7 Å². The first-order chi connectivity index (χ1) is 16.8. The summed E-state index contributed by atoms with van der Waals surface area (Å²) < 4.78 is 6.17. The van der Waals surface area contributed by atoms with E-state index in [0.717, 1.165) is 0 Å². The molecule has 0 saturated heterocycles. The van der Waals surface area contributed by atoms with Crippen molar-refractivity contribution in [3.05, 3.63) is 0 Å². The van der Waals surface area contributed by atoms with Crippen LogP contribution in [0.5, 0.6) is 0 Å². The summed E-state index contributed by atoms with van der Waals surface area (Å²) in [5.41, 5.74) is 2.41. The van der Waals surface area contributed by atoms with Gasteiger partial charge in [-0.25, -0.2) is 0 Å². The van der Waals surface area contributed by atoms with Crippen LogP contribution >= 0.6 is 17.2 Å². The molecule has 0 amide bonds. The van der Waals surface area contributed by atoms with Crippen LogP contribution in [0.1, 0.15) is 166 Å². The second-order valence-corrected chi connectivity index (χ2v) is 36.9. The number of hydrogen-bond donors (Lipinski definition) is 0. The van der Waals surface area contributed by atoms with Crippen LogP contribution in [0.2, 0.25) is 16.7 Å². The fraction of sp³-hybridized carbons (Fsp3) is 1.00. The van der Waals surface area contributed by atoms with E-state index in [1.165, 1.54) is 0 Å². The van der Waals surface area contributed by atoms with Gasteiger partial charge in [-0.1, -0.05) is 0 Å². The van der Waals surface area contributed by atoms with Crippen LogP contribution < -0.4 is 0 Å². The maximum Gasteiger partial charge on any atom is 0.0675 e. The Hall–Kier alpha value is 2.60. The Morgan fingerprint density at radius 3 is 0.450 bits per heavy atom. The van der Waals surface area contributed by atoms with Crippen LogP contribution in [0.15, 0.2) is 0 Å². The maximum absolute atomic E-state index is 2.36. The fourth-order valence-electron chi connectivity index (χ4n) is 4.47. The van der Waals surface area contributed by atoms with Crippen molar-refractivity contribution in [2.24, 2.45) is 21.7 Å². The first kappa shape index (κ1) is 49.5. The van der Waals surface area contributed by atoms with Gasteiger partial charge in [0.2, 0.25) is 0 Å². The molecule has 0 aromatic carbocycles. The van der Waals surface area contributed by atoms with E-state index < -0.39 is 0 Å². The van der Waals surface area contributed by atoms with Gasteiger partial charge in [-0.3, -0.25) is 0 Å². The molecule has 0 heterocycles. The molecule has 0 rings (SSSR count). The Morgan fingerprint density at radius 1 is 0.275 bits per heavy atom. The predicted molar refractivity (Wildman–Crippen MR) is 207 cm³/mol. The molecule has 0 aliphatic rings. The molecule has 242 valence electrons. The van der Waals surface area contributed by atoms with Crippen LogP contribution in [0.4, 0.5) is 0 Å². The molecular formula is C36H84In2P2+2. The molecule has 2 radical (unpaired) electrons. The monoisotopic (exact) mass is 808 g/mol. The molecule has 0 atom stereocenters. The summed E-state index contributed by atoms with van der Waals surface area (Å²) in [5.74, 6) is 0. The van der Waals surface area contributed by atoms with Gasteiger partial charge in [0.25, 0.3) is 0 Å². The molecule has 0 unspecified atom stereocenters. The summed E-state index contributed by atoms with van der Waals surface area (Å²) in [7, 11) is 1.14. The molecule has 0 aliphatic carbocycles. The largest absolute Gasteiger partial charge is 0.0675 e. The van der Waals surface area contributed by atoms with Gasteiger partial charge in [-0.2, -0.15) is 0 Å². The SMILES string of the molecule is CC(C)(C)[CH2][In][CH2]C(C)(C)C.CC(C)(C)[CH2][In][CH2]C(C)(C)C.CC(C)(C)[PH2+]C(C)(C)C.CC(C)(C)[PH2+]C(C)(C)C. The maximum atomic E-state index is 2.36. The second kappa shape index (κ2) is 20.0. The van der Waals surface area contributed by atoms with Crippen LogP contribution in [0, 0.1) is 21.7 Å². The van der Waals surface area contributed by atoms with Crippen molar-refractivity contribution < 1.29 is 0 Å². The zero-order valence-corrected chi connectivity index (χ0v) is 42.0.